The summed E-state index contributed by atoms with van der Waals surface area (Å²) in [5, 5.41) is 9.84. The number of hydrogen-bond acceptors (Lipinski definition) is 5. The average Bonchev–Trinajstić information content (AvgIpc) is 2.54. The first-order valence-electron chi connectivity index (χ1n) is 5.70. The van der Waals surface area contributed by atoms with Crippen molar-refractivity contribution in [2.24, 2.45) is 0 Å². The lowest BCUT2D eigenvalue weighted by molar-refractivity contribution is -0.261. The monoisotopic (exact) mass is 232 g/mol. The summed E-state index contributed by atoms with van der Waals surface area (Å²) < 4.78 is 22.3. The molecule has 0 spiro atoms. The van der Waals surface area contributed by atoms with Crippen molar-refractivity contribution in [1.29, 1.82) is 0 Å². The van der Waals surface area contributed by atoms with Crippen molar-refractivity contribution in [3.05, 3.63) is 0 Å². The standard InChI is InChI=1S/C11H20O5/c1-5-6-7(13-4)8-9(10(12)14-6)16-11(2,3)15-8/h6-10,12H,5H2,1-4H3. The summed E-state index contributed by atoms with van der Waals surface area (Å²) in [7, 11) is 1.63. The van der Waals surface area contributed by atoms with Crippen molar-refractivity contribution in [3.8, 4) is 0 Å². The minimum atomic E-state index is -0.942. The maximum absolute atomic E-state index is 9.84. The number of aliphatic hydroxyl groups is 1. The molecule has 2 saturated heterocycles. The lowest BCUT2D eigenvalue weighted by Crippen LogP contribution is -2.56. The third kappa shape index (κ3) is 1.98. The van der Waals surface area contributed by atoms with E-state index in [2.05, 4.69) is 0 Å². The SMILES string of the molecule is CCC1OC(O)C2OC(C)(C)OC2C1OC. The second-order valence-electron chi connectivity index (χ2n) is 4.74. The number of methoxy groups -OCH3 is 1. The maximum Gasteiger partial charge on any atom is 0.184 e. The molecule has 2 fully saturated rings. The smallest absolute Gasteiger partial charge is 0.184 e. The van der Waals surface area contributed by atoms with Gasteiger partial charge in [-0.05, 0) is 20.3 Å². The molecule has 0 amide bonds. The molecule has 5 unspecified atom stereocenters. The summed E-state index contributed by atoms with van der Waals surface area (Å²) in [6.07, 6.45) is -1.26. The number of hydrogen-bond donors (Lipinski definition) is 1. The minimum absolute atomic E-state index is 0.154. The van der Waals surface area contributed by atoms with Crippen LogP contribution in [0, 0.1) is 0 Å². The summed E-state index contributed by atoms with van der Waals surface area (Å²) in [4.78, 5) is 0. The van der Waals surface area contributed by atoms with E-state index in [4.69, 9.17) is 18.9 Å². The van der Waals surface area contributed by atoms with Crippen LogP contribution in [0.25, 0.3) is 0 Å². The molecule has 5 heteroatoms. The molecule has 0 bridgehead atoms. The van der Waals surface area contributed by atoms with Crippen molar-refractivity contribution in [2.45, 2.75) is 63.7 Å². The van der Waals surface area contributed by atoms with E-state index in [-0.39, 0.29) is 18.3 Å². The number of rotatable bonds is 2. The van der Waals surface area contributed by atoms with Crippen LogP contribution < -0.4 is 0 Å². The molecule has 0 radical (unpaired) electrons. The van der Waals surface area contributed by atoms with Gasteiger partial charge in [-0.15, -0.1) is 0 Å². The van der Waals surface area contributed by atoms with Crippen LogP contribution in [-0.4, -0.2) is 48.7 Å². The molecule has 0 aromatic rings. The van der Waals surface area contributed by atoms with Crippen molar-refractivity contribution in [1.82, 2.24) is 0 Å². The molecular formula is C11H20O5. The molecule has 0 aromatic heterocycles. The van der Waals surface area contributed by atoms with E-state index in [0.29, 0.717) is 0 Å². The van der Waals surface area contributed by atoms with Gasteiger partial charge in [0, 0.05) is 7.11 Å². The van der Waals surface area contributed by atoms with E-state index >= 15 is 0 Å². The van der Waals surface area contributed by atoms with Crippen LogP contribution >= 0.6 is 0 Å². The van der Waals surface area contributed by atoms with E-state index in [0.717, 1.165) is 6.42 Å². The fourth-order valence-electron chi connectivity index (χ4n) is 2.45. The highest BCUT2D eigenvalue weighted by molar-refractivity contribution is 4.96. The molecule has 0 aliphatic carbocycles. The normalized spacial score (nSPS) is 46.7. The predicted molar refractivity (Wildman–Crippen MR) is 55.8 cm³/mol. The van der Waals surface area contributed by atoms with Gasteiger partial charge in [0.25, 0.3) is 0 Å². The Hall–Kier alpha value is -0.200. The molecule has 0 aromatic carbocycles. The van der Waals surface area contributed by atoms with Gasteiger partial charge >= 0.3 is 0 Å². The van der Waals surface area contributed by atoms with E-state index in [1.165, 1.54) is 0 Å². The second kappa shape index (κ2) is 4.23. The van der Waals surface area contributed by atoms with E-state index < -0.39 is 18.2 Å². The topological polar surface area (TPSA) is 57.2 Å². The van der Waals surface area contributed by atoms with Crippen molar-refractivity contribution >= 4 is 0 Å². The van der Waals surface area contributed by atoms with E-state index in [1.807, 2.05) is 20.8 Å². The number of fused-ring (bicyclic) bond motifs is 1. The molecule has 2 aliphatic rings. The first-order valence-corrected chi connectivity index (χ1v) is 5.70. The number of ether oxygens (including phenoxy) is 4. The van der Waals surface area contributed by atoms with Gasteiger partial charge in [-0.25, -0.2) is 0 Å². The Morgan fingerprint density at radius 1 is 1.25 bits per heavy atom. The fourth-order valence-corrected chi connectivity index (χ4v) is 2.45. The Labute approximate surface area is 95.6 Å². The highest BCUT2D eigenvalue weighted by Gasteiger charge is 2.54. The third-order valence-corrected chi connectivity index (χ3v) is 3.12. The summed E-state index contributed by atoms with van der Waals surface area (Å²) in [5.41, 5.74) is 0. The Morgan fingerprint density at radius 3 is 2.44 bits per heavy atom. The molecule has 2 heterocycles. The van der Waals surface area contributed by atoms with Crippen molar-refractivity contribution < 1.29 is 24.1 Å². The van der Waals surface area contributed by atoms with Crippen molar-refractivity contribution in [3.63, 3.8) is 0 Å². The summed E-state index contributed by atoms with van der Waals surface area (Å²) in [5.74, 6) is -0.695. The molecular weight excluding hydrogens is 212 g/mol. The van der Waals surface area contributed by atoms with Gasteiger partial charge in [-0.3, -0.25) is 0 Å². The predicted octanol–water partition coefficient (Wildman–Crippen LogP) is 0.649. The van der Waals surface area contributed by atoms with Gasteiger partial charge in [0.2, 0.25) is 0 Å². The van der Waals surface area contributed by atoms with Gasteiger partial charge in [0.15, 0.2) is 12.1 Å². The van der Waals surface area contributed by atoms with Gasteiger partial charge in [0.1, 0.15) is 18.3 Å². The van der Waals surface area contributed by atoms with Crippen LogP contribution in [0.3, 0.4) is 0 Å². The van der Waals surface area contributed by atoms with Gasteiger partial charge < -0.3 is 24.1 Å². The van der Waals surface area contributed by atoms with E-state index in [1.54, 1.807) is 7.11 Å². The molecule has 94 valence electrons. The average molecular weight is 232 g/mol. The molecule has 2 aliphatic heterocycles. The summed E-state index contributed by atoms with van der Waals surface area (Å²) in [6.45, 7) is 5.64. The van der Waals surface area contributed by atoms with Crippen molar-refractivity contribution in [2.75, 3.05) is 7.11 Å². The van der Waals surface area contributed by atoms with Gasteiger partial charge in [0.05, 0.1) is 6.10 Å². The van der Waals surface area contributed by atoms with Crippen LogP contribution in [0.1, 0.15) is 27.2 Å². The largest absolute Gasteiger partial charge is 0.376 e. The summed E-state index contributed by atoms with van der Waals surface area (Å²) in [6, 6.07) is 0. The zero-order valence-electron chi connectivity index (χ0n) is 10.2. The zero-order chi connectivity index (χ0) is 11.9. The Kier molecular flexibility index (Phi) is 3.25. The Balaban J connectivity index is 2.19. The first kappa shape index (κ1) is 12.3. The third-order valence-electron chi connectivity index (χ3n) is 3.12. The highest BCUT2D eigenvalue weighted by Crippen LogP contribution is 2.38. The van der Waals surface area contributed by atoms with Crippen LogP contribution in [-0.2, 0) is 18.9 Å². The number of aliphatic hydroxyl groups excluding tert-OH is 1. The molecule has 16 heavy (non-hydrogen) atoms. The second-order valence-corrected chi connectivity index (χ2v) is 4.74. The Bertz CT molecular complexity index is 255. The van der Waals surface area contributed by atoms with Gasteiger partial charge in [-0.1, -0.05) is 6.92 Å². The fraction of sp³-hybridized carbons (Fsp3) is 1.00. The summed E-state index contributed by atoms with van der Waals surface area (Å²) >= 11 is 0. The van der Waals surface area contributed by atoms with Crippen LogP contribution in [0.4, 0.5) is 0 Å². The van der Waals surface area contributed by atoms with Gasteiger partial charge in [-0.2, -0.15) is 0 Å². The molecule has 2 rings (SSSR count). The molecule has 0 saturated carbocycles. The molecule has 5 nitrogen and oxygen atoms in total. The Morgan fingerprint density at radius 2 is 1.88 bits per heavy atom. The van der Waals surface area contributed by atoms with Crippen LogP contribution in [0.2, 0.25) is 0 Å². The van der Waals surface area contributed by atoms with E-state index in [9.17, 15) is 5.11 Å². The van der Waals surface area contributed by atoms with Crippen LogP contribution in [0.15, 0.2) is 0 Å². The highest BCUT2D eigenvalue weighted by atomic mass is 16.8. The molecule has 1 N–H and O–H groups in total. The minimum Gasteiger partial charge on any atom is -0.376 e. The maximum atomic E-state index is 9.84. The molecule has 5 atom stereocenters. The first-order chi connectivity index (χ1) is 7.48. The lowest BCUT2D eigenvalue weighted by Gasteiger charge is -2.39. The quantitative estimate of drug-likeness (QED) is 0.757. The van der Waals surface area contributed by atoms with Crippen LogP contribution in [0.5, 0.6) is 0 Å². The lowest BCUT2D eigenvalue weighted by atomic mass is 9.97. The zero-order valence-corrected chi connectivity index (χ0v) is 10.2.